The van der Waals surface area contributed by atoms with Crippen molar-refractivity contribution in [3.8, 4) is 0 Å². The fourth-order valence-electron chi connectivity index (χ4n) is 2.18. The average Bonchev–Trinajstić information content (AvgIpc) is 2.38. The number of nitrogens with zero attached hydrogens (tertiary/aromatic N) is 1. The summed E-state index contributed by atoms with van der Waals surface area (Å²) in [7, 11) is -4.11. The van der Waals surface area contributed by atoms with Crippen LogP contribution in [0.2, 0.25) is 0 Å². The molecule has 1 aliphatic heterocycles. The van der Waals surface area contributed by atoms with Gasteiger partial charge in [0.1, 0.15) is 22.8 Å². The van der Waals surface area contributed by atoms with Crippen molar-refractivity contribution < 1.29 is 22.0 Å². The molecule has 1 aromatic carbocycles. The van der Waals surface area contributed by atoms with Gasteiger partial charge in [-0.1, -0.05) is 6.42 Å². The van der Waals surface area contributed by atoms with Gasteiger partial charge in [-0.3, -0.25) is 0 Å². The van der Waals surface area contributed by atoms with E-state index in [2.05, 4.69) is 0 Å². The molecule has 0 N–H and O–H groups in total. The van der Waals surface area contributed by atoms with Crippen molar-refractivity contribution in [1.29, 1.82) is 0 Å². The minimum Gasteiger partial charge on any atom is -0.302 e. The van der Waals surface area contributed by atoms with Crippen LogP contribution in [0.4, 0.5) is 8.78 Å². The predicted molar refractivity (Wildman–Crippen MR) is 64.0 cm³/mol. The molecule has 0 saturated carbocycles. The van der Waals surface area contributed by atoms with Crippen LogP contribution in [-0.2, 0) is 14.8 Å². The summed E-state index contributed by atoms with van der Waals surface area (Å²) < 4.78 is 52.0. The number of carbonyl (C=O) groups excluding carboxylic acids is 1. The van der Waals surface area contributed by atoms with Crippen molar-refractivity contribution >= 4 is 16.3 Å². The quantitative estimate of drug-likeness (QED) is 0.796. The fraction of sp³-hybridized carbons (Fsp3) is 0.417. The number of aldehydes is 1. The first-order valence-corrected chi connectivity index (χ1v) is 7.33. The second-order valence-corrected chi connectivity index (χ2v) is 6.25. The Morgan fingerprint density at radius 2 is 2.00 bits per heavy atom. The highest BCUT2D eigenvalue weighted by Crippen LogP contribution is 2.26. The number of benzene rings is 1. The molecule has 1 fully saturated rings. The van der Waals surface area contributed by atoms with E-state index in [9.17, 15) is 22.0 Å². The summed E-state index contributed by atoms with van der Waals surface area (Å²) in [5.74, 6) is -1.99. The van der Waals surface area contributed by atoms with Crippen molar-refractivity contribution in [2.75, 3.05) is 6.54 Å². The van der Waals surface area contributed by atoms with Gasteiger partial charge < -0.3 is 4.79 Å². The predicted octanol–water partition coefficient (Wildman–Crippen LogP) is 1.71. The van der Waals surface area contributed by atoms with Crippen LogP contribution in [-0.4, -0.2) is 31.6 Å². The molecule has 19 heavy (non-hydrogen) atoms. The van der Waals surface area contributed by atoms with E-state index in [4.69, 9.17) is 0 Å². The lowest BCUT2D eigenvalue weighted by atomic mass is 10.1. The Morgan fingerprint density at radius 1 is 1.26 bits per heavy atom. The Labute approximate surface area is 110 Å². The summed E-state index contributed by atoms with van der Waals surface area (Å²) in [5.41, 5.74) is 0. The number of sulfonamides is 1. The number of halogens is 2. The highest BCUT2D eigenvalue weighted by molar-refractivity contribution is 7.89. The largest absolute Gasteiger partial charge is 0.302 e. The Balaban J connectivity index is 2.43. The molecule has 7 heteroatoms. The normalized spacial score (nSPS) is 21.3. The number of carbonyl (C=O) groups is 1. The van der Waals surface area contributed by atoms with Crippen molar-refractivity contribution in [1.82, 2.24) is 4.31 Å². The van der Waals surface area contributed by atoms with Crippen LogP contribution in [0.5, 0.6) is 0 Å². The standard InChI is InChI=1S/C12H13F2NO3S/c13-9-4-5-12(11(14)7-9)19(17,18)15-6-2-1-3-10(15)8-16/h4-5,7-8,10H,1-3,6H2. The molecule has 1 heterocycles. The highest BCUT2D eigenvalue weighted by atomic mass is 32.2. The van der Waals surface area contributed by atoms with Crippen LogP contribution in [0.25, 0.3) is 0 Å². The van der Waals surface area contributed by atoms with E-state index in [0.717, 1.165) is 22.9 Å². The van der Waals surface area contributed by atoms with Gasteiger partial charge in [-0.2, -0.15) is 4.31 Å². The van der Waals surface area contributed by atoms with Gasteiger partial charge in [0.2, 0.25) is 10.0 Å². The third kappa shape index (κ3) is 2.66. The van der Waals surface area contributed by atoms with Gasteiger partial charge in [-0.05, 0) is 25.0 Å². The zero-order valence-corrected chi connectivity index (χ0v) is 10.9. The van der Waals surface area contributed by atoms with Gasteiger partial charge in [0.05, 0.1) is 6.04 Å². The first kappa shape index (κ1) is 14.1. The molecular formula is C12H13F2NO3S. The topological polar surface area (TPSA) is 54.5 Å². The van der Waals surface area contributed by atoms with E-state index in [1.165, 1.54) is 0 Å². The number of hydrogen-bond acceptors (Lipinski definition) is 3. The van der Waals surface area contributed by atoms with Gasteiger partial charge in [0, 0.05) is 12.6 Å². The summed E-state index contributed by atoms with van der Waals surface area (Å²) in [5, 5.41) is 0. The highest BCUT2D eigenvalue weighted by Gasteiger charge is 2.34. The Kier molecular flexibility index (Phi) is 3.96. The average molecular weight is 289 g/mol. The fourth-order valence-corrected chi connectivity index (χ4v) is 3.86. The van der Waals surface area contributed by atoms with Crippen molar-refractivity contribution in [2.45, 2.75) is 30.2 Å². The van der Waals surface area contributed by atoms with Crippen LogP contribution in [0, 0.1) is 11.6 Å². The van der Waals surface area contributed by atoms with E-state index in [1.54, 1.807) is 0 Å². The van der Waals surface area contributed by atoms with Gasteiger partial charge in [0.25, 0.3) is 0 Å². The lowest BCUT2D eigenvalue weighted by Gasteiger charge is -2.31. The molecule has 1 saturated heterocycles. The van der Waals surface area contributed by atoms with Crippen LogP contribution >= 0.6 is 0 Å². The molecule has 2 rings (SSSR count). The zero-order valence-electron chi connectivity index (χ0n) is 10.1. The molecule has 0 radical (unpaired) electrons. The smallest absolute Gasteiger partial charge is 0.246 e. The third-order valence-electron chi connectivity index (χ3n) is 3.14. The second-order valence-electron chi connectivity index (χ2n) is 4.39. The summed E-state index contributed by atoms with van der Waals surface area (Å²) in [6.07, 6.45) is 2.34. The van der Waals surface area contributed by atoms with Crippen LogP contribution < -0.4 is 0 Å². The molecule has 0 amide bonds. The Hall–Kier alpha value is -1.34. The molecule has 0 aliphatic carbocycles. The van der Waals surface area contributed by atoms with Crippen molar-refractivity contribution in [3.63, 3.8) is 0 Å². The summed E-state index contributed by atoms with van der Waals surface area (Å²) in [6, 6.07) is 1.52. The second kappa shape index (κ2) is 5.34. The maximum Gasteiger partial charge on any atom is 0.246 e. The molecule has 1 atom stereocenters. The van der Waals surface area contributed by atoms with Gasteiger partial charge in [0.15, 0.2) is 0 Å². The van der Waals surface area contributed by atoms with Crippen LogP contribution in [0.15, 0.2) is 23.1 Å². The molecule has 104 valence electrons. The van der Waals surface area contributed by atoms with Crippen molar-refractivity contribution in [3.05, 3.63) is 29.8 Å². The number of rotatable bonds is 3. The van der Waals surface area contributed by atoms with E-state index in [0.29, 0.717) is 25.2 Å². The summed E-state index contributed by atoms with van der Waals surface area (Å²) >= 11 is 0. The maximum atomic E-state index is 13.6. The van der Waals surface area contributed by atoms with E-state index in [1.807, 2.05) is 0 Å². The maximum absolute atomic E-state index is 13.6. The first-order chi connectivity index (χ1) is 8.96. The van der Waals surface area contributed by atoms with Crippen LogP contribution in [0.1, 0.15) is 19.3 Å². The lowest BCUT2D eigenvalue weighted by molar-refractivity contribution is -0.111. The van der Waals surface area contributed by atoms with E-state index in [-0.39, 0.29) is 6.54 Å². The molecule has 0 aromatic heterocycles. The summed E-state index contributed by atoms with van der Waals surface area (Å²) in [4.78, 5) is 10.3. The number of hydrogen-bond donors (Lipinski definition) is 0. The van der Waals surface area contributed by atoms with Gasteiger partial charge >= 0.3 is 0 Å². The Bertz CT molecular complexity index is 589. The monoisotopic (exact) mass is 289 g/mol. The molecular weight excluding hydrogens is 276 g/mol. The van der Waals surface area contributed by atoms with E-state index < -0.39 is 32.6 Å². The zero-order chi connectivity index (χ0) is 14.0. The Morgan fingerprint density at radius 3 is 2.63 bits per heavy atom. The SMILES string of the molecule is O=CC1CCCCN1S(=O)(=O)c1ccc(F)cc1F. The molecule has 0 spiro atoms. The van der Waals surface area contributed by atoms with Crippen LogP contribution in [0.3, 0.4) is 0 Å². The lowest BCUT2D eigenvalue weighted by Crippen LogP contribution is -2.44. The van der Waals surface area contributed by atoms with Gasteiger partial charge in [-0.15, -0.1) is 0 Å². The minimum absolute atomic E-state index is 0.169. The first-order valence-electron chi connectivity index (χ1n) is 5.89. The van der Waals surface area contributed by atoms with Crippen molar-refractivity contribution in [2.24, 2.45) is 0 Å². The number of piperidine rings is 1. The molecule has 0 bridgehead atoms. The summed E-state index contributed by atoms with van der Waals surface area (Å²) in [6.45, 7) is 0.169. The molecule has 1 aliphatic rings. The molecule has 1 aromatic rings. The molecule has 4 nitrogen and oxygen atoms in total. The van der Waals surface area contributed by atoms with E-state index >= 15 is 0 Å². The van der Waals surface area contributed by atoms with Gasteiger partial charge in [-0.25, -0.2) is 17.2 Å². The third-order valence-corrected chi connectivity index (χ3v) is 5.09. The molecule has 1 unspecified atom stereocenters. The minimum atomic E-state index is -4.11.